The van der Waals surface area contributed by atoms with Crippen molar-refractivity contribution in [2.75, 3.05) is 4.90 Å². The van der Waals surface area contributed by atoms with Crippen LogP contribution in [-0.4, -0.2) is 16.9 Å². The second-order valence-electron chi connectivity index (χ2n) is 6.02. The molecule has 1 aromatic heterocycles. The number of aryl methyl sites for hydroxylation is 1. The van der Waals surface area contributed by atoms with E-state index in [1.54, 1.807) is 17.0 Å². The van der Waals surface area contributed by atoms with E-state index in [9.17, 15) is 9.59 Å². The Kier molecular flexibility index (Phi) is 4.26. The number of thiazole rings is 1. The Morgan fingerprint density at radius 1 is 1.15 bits per heavy atom. The van der Waals surface area contributed by atoms with Gasteiger partial charge in [0.15, 0.2) is 5.13 Å². The molecule has 1 atom stereocenters. The first-order valence-corrected chi connectivity index (χ1v) is 9.11. The molecule has 26 heavy (non-hydrogen) atoms. The average molecular weight is 364 g/mol. The zero-order valence-corrected chi connectivity index (χ0v) is 14.9. The molecule has 3 aromatic rings. The van der Waals surface area contributed by atoms with E-state index >= 15 is 0 Å². The van der Waals surface area contributed by atoms with Gasteiger partial charge in [0.05, 0.1) is 23.4 Å². The van der Waals surface area contributed by atoms with Crippen molar-refractivity contribution in [2.24, 2.45) is 0 Å². The number of nitrogens with zero attached hydrogens (tertiary/aromatic N) is 2. The fourth-order valence-electron chi connectivity index (χ4n) is 3.00. The van der Waals surface area contributed by atoms with Gasteiger partial charge in [-0.2, -0.15) is 0 Å². The normalized spacial score (nSPS) is 15.4. The third kappa shape index (κ3) is 2.99. The molecule has 6 heteroatoms. The third-order valence-corrected chi connectivity index (χ3v) is 5.14. The summed E-state index contributed by atoms with van der Waals surface area (Å²) in [5.74, 6) is -0.546. The van der Waals surface area contributed by atoms with Crippen LogP contribution in [0.25, 0.3) is 0 Å². The zero-order valence-electron chi connectivity index (χ0n) is 14.1. The molecule has 0 fully saturated rings. The molecule has 0 radical (unpaired) electrons. The molecular formula is C20H16N2O3S. The highest BCUT2D eigenvalue weighted by molar-refractivity contribution is 7.14. The number of anilines is 2. The maximum Gasteiger partial charge on any atom is 0.339 e. The number of benzene rings is 2. The molecule has 1 aliphatic heterocycles. The molecule has 2 aromatic carbocycles. The molecule has 0 N–H and O–H groups in total. The van der Waals surface area contributed by atoms with Gasteiger partial charge in [-0.15, -0.1) is 11.3 Å². The summed E-state index contributed by atoms with van der Waals surface area (Å²) in [6, 6.07) is 16.6. The quantitative estimate of drug-likeness (QED) is 0.643. The second kappa shape index (κ2) is 6.72. The number of ether oxygens (including phenoxy) is 1. The van der Waals surface area contributed by atoms with Crippen molar-refractivity contribution >= 4 is 34.0 Å². The molecule has 0 bridgehead atoms. The molecular weight excluding hydrogens is 348 g/mol. The summed E-state index contributed by atoms with van der Waals surface area (Å²) in [7, 11) is 0. The summed E-state index contributed by atoms with van der Waals surface area (Å²) >= 11 is 1.41. The Morgan fingerprint density at radius 3 is 2.62 bits per heavy atom. The first-order valence-electron chi connectivity index (χ1n) is 8.23. The number of cyclic esters (lactones) is 1. The minimum atomic E-state index is -0.571. The van der Waals surface area contributed by atoms with E-state index in [0.29, 0.717) is 10.7 Å². The summed E-state index contributed by atoms with van der Waals surface area (Å²) in [5, 5.41) is 2.51. The summed E-state index contributed by atoms with van der Waals surface area (Å²) in [5.41, 5.74) is 2.89. The van der Waals surface area contributed by atoms with Gasteiger partial charge >= 0.3 is 5.97 Å². The van der Waals surface area contributed by atoms with E-state index in [2.05, 4.69) is 4.98 Å². The average Bonchev–Trinajstić information content (AvgIpc) is 3.20. The van der Waals surface area contributed by atoms with Crippen LogP contribution < -0.4 is 4.90 Å². The Morgan fingerprint density at radius 2 is 1.88 bits per heavy atom. The van der Waals surface area contributed by atoms with Gasteiger partial charge in [0.25, 0.3) is 0 Å². The van der Waals surface area contributed by atoms with Gasteiger partial charge in [-0.25, -0.2) is 9.78 Å². The molecule has 4 rings (SSSR count). The molecule has 1 amide bonds. The van der Waals surface area contributed by atoms with Gasteiger partial charge in [-0.05, 0) is 25.1 Å². The lowest BCUT2D eigenvalue weighted by Gasteiger charge is -2.21. The Balaban J connectivity index is 1.65. The molecule has 0 saturated heterocycles. The SMILES string of the molecule is Cc1csc(N(C(=O)C[C@@H]2OC(=O)c3ccccc32)c2ccccc2)n1. The number of hydrogen-bond donors (Lipinski definition) is 0. The van der Waals surface area contributed by atoms with Gasteiger partial charge in [0.1, 0.15) is 6.10 Å². The summed E-state index contributed by atoms with van der Waals surface area (Å²) in [6.45, 7) is 1.89. The molecule has 0 saturated carbocycles. The lowest BCUT2D eigenvalue weighted by Crippen LogP contribution is -2.27. The van der Waals surface area contributed by atoms with Gasteiger partial charge in [-0.3, -0.25) is 9.69 Å². The lowest BCUT2D eigenvalue weighted by molar-refractivity contribution is -0.119. The summed E-state index contributed by atoms with van der Waals surface area (Å²) in [6.07, 6.45) is -0.505. The number of carbonyl (C=O) groups excluding carboxylic acids is 2. The Bertz CT molecular complexity index is 968. The van der Waals surface area contributed by atoms with Crippen LogP contribution in [-0.2, 0) is 9.53 Å². The van der Waals surface area contributed by atoms with Gasteiger partial charge in [0, 0.05) is 10.9 Å². The van der Waals surface area contributed by atoms with Crippen LogP contribution in [0.2, 0.25) is 0 Å². The number of esters is 1. The molecule has 130 valence electrons. The summed E-state index contributed by atoms with van der Waals surface area (Å²) < 4.78 is 5.43. The number of para-hydroxylation sites is 1. The topological polar surface area (TPSA) is 59.5 Å². The second-order valence-corrected chi connectivity index (χ2v) is 6.86. The highest BCUT2D eigenvalue weighted by Crippen LogP contribution is 2.36. The molecule has 5 nitrogen and oxygen atoms in total. The first-order chi connectivity index (χ1) is 12.6. The van der Waals surface area contributed by atoms with Crippen molar-refractivity contribution in [3.05, 3.63) is 76.8 Å². The fraction of sp³-hybridized carbons (Fsp3) is 0.150. The van der Waals surface area contributed by atoms with Crippen molar-refractivity contribution in [1.82, 2.24) is 4.98 Å². The van der Waals surface area contributed by atoms with Crippen LogP contribution in [0.1, 0.15) is 34.1 Å². The van der Waals surface area contributed by atoms with Crippen molar-refractivity contribution in [3.63, 3.8) is 0 Å². The Hall–Kier alpha value is -2.99. The molecule has 2 heterocycles. The minimum Gasteiger partial charge on any atom is -0.453 e. The standard InChI is InChI=1S/C20H16N2O3S/c1-13-12-26-20(21-13)22(14-7-3-2-4-8-14)18(23)11-17-15-9-5-6-10-16(15)19(24)25-17/h2-10,12,17H,11H2,1H3/t17-/m0/s1. The van der Waals surface area contributed by atoms with Gasteiger partial charge in [-0.1, -0.05) is 36.4 Å². The van der Waals surface area contributed by atoms with E-state index in [0.717, 1.165) is 16.9 Å². The van der Waals surface area contributed by atoms with Crippen LogP contribution in [0, 0.1) is 6.92 Å². The van der Waals surface area contributed by atoms with Gasteiger partial charge in [0.2, 0.25) is 5.91 Å². The lowest BCUT2D eigenvalue weighted by atomic mass is 10.0. The van der Waals surface area contributed by atoms with E-state index in [1.807, 2.05) is 54.8 Å². The maximum atomic E-state index is 13.1. The van der Waals surface area contributed by atoms with Crippen LogP contribution in [0.15, 0.2) is 60.0 Å². The van der Waals surface area contributed by atoms with Crippen molar-refractivity contribution in [2.45, 2.75) is 19.4 Å². The van der Waals surface area contributed by atoms with Crippen molar-refractivity contribution < 1.29 is 14.3 Å². The van der Waals surface area contributed by atoms with Crippen LogP contribution in [0.3, 0.4) is 0 Å². The highest BCUT2D eigenvalue weighted by atomic mass is 32.1. The number of aromatic nitrogens is 1. The highest BCUT2D eigenvalue weighted by Gasteiger charge is 2.34. The van der Waals surface area contributed by atoms with E-state index in [4.69, 9.17) is 4.74 Å². The number of hydrogen-bond acceptors (Lipinski definition) is 5. The largest absolute Gasteiger partial charge is 0.453 e. The molecule has 1 aliphatic rings. The monoisotopic (exact) mass is 364 g/mol. The third-order valence-electron chi connectivity index (χ3n) is 4.20. The summed E-state index contributed by atoms with van der Waals surface area (Å²) in [4.78, 5) is 31.2. The van der Waals surface area contributed by atoms with Gasteiger partial charge < -0.3 is 4.74 Å². The smallest absolute Gasteiger partial charge is 0.339 e. The predicted octanol–water partition coefficient (Wildman–Crippen LogP) is 4.42. The number of amides is 1. The molecule has 0 spiro atoms. The van der Waals surface area contributed by atoms with E-state index in [1.165, 1.54) is 11.3 Å². The van der Waals surface area contributed by atoms with Crippen molar-refractivity contribution in [3.8, 4) is 0 Å². The number of fused-ring (bicyclic) bond motifs is 1. The molecule has 0 unspecified atom stereocenters. The first kappa shape index (κ1) is 16.5. The molecule has 0 aliphatic carbocycles. The predicted molar refractivity (Wildman–Crippen MR) is 99.7 cm³/mol. The van der Waals surface area contributed by atoms with Crippen LogP contribution in [0.5, 0.6) is 0 Å². The Labute approximate surface area is 154 Å². The van der Waals surface area contributed by atoms with E-state index < -0.39 is 6.10 Å². The van der Waals surface area contributed by atoms with Crippen molar-refractivity contribution in [1.29, 1.82) is 0 Å². The van der Waals surface area contributed by atoms with Crippen LogP contribution in [0.4, 0.5) is 10.8 Å². The van der Waals surface area contributed by atoms with Crippen LogP contribution >= 0.6 is 11.3 Å². The van der Waals surface area contributed by atoms with E-state index in [-0.39, 0.29) is 18.3 Å². The fourth-order valence-corrected chi connectivity index (χ4v) is 3.84. The minimum absolute atomic E-state index is 0.0657. The number of carbonyl (C=O) groups is 2. The number of rotatable bonds is 4. The maximum absolute atomic E-state index is 13.1. The zero-order chi connectivity index (χ0) is 18.1.